The lowest BCUT2D eigenvalue weighted by Crippen LogP contribution is -1.98. The first-order valence-electron chi connectivity index (χ1n) is 3.12. The van der Waals surface area contributed by atoms with Crippen molar-refractivity contribution in [1.82, 2.24) is 4.98 Å². The van der Waals surface area contributed by atoms with Crippen LogP contribution in [0.5, 0.6) is 11.8 Å². The lowest BCUT2D eigenvalue weighted by atomic mass is 10.3. The van der Waals surface area contributed by atoms with Gasteiger partial charge in [0.15, 0.2) is 0 Å². The lowest BCUT2D eigenvalue weighted by Gasteiger charge is -2.00. The Morgan fingerprint density at radius 2 is 2.25 bits per heavy atom. The van der Waals surface area contributed by atoms with Crippen LogP contribution in [0, 0.1) is 0 Å². The van der Waals surface area contributed by atoms with E-state index in [1.165, 1.54) is 19.2 Å². The number of nitrogens with zero attached hydrogens (tertiary/aromatic N) is 1. The standard InChI is InChI=1S/C7H7NO4/c1-12-5-3-2-4(7(10)11)6(9)8-5/h2-3H,1H3,(H,8,9)(H,10,11). The van der Waals surface area contributed by atoms with Crippen molar-refractivity contribution in [3.63, 3.8) is 0 Å². The molecule has 12 heavy (non-hydrogen) atoms. The molecule has 64 valence electrons. The molecule has 1 rings (SSSR count). The van der Waals surface area contributed by atoms with Crippen LogP contribution >= 0.6 is 0 Å². The average Bonchev–Trinajstić information content (AvgIpc) is 2.03. The van der Waals surface area contributed by atoms with Crippen LogP contribution in [0.4, 0.5) is 0 Å². The maximum absolute atomic E-state index is 10.4. The first-order chi connectivity index (χ1) is 5.65. The molecule has 1 aromatic heterocycles. The predicted molar refractivity (Wildman–Crippen MR) is 39.4 cm³/mol. The average molecular weight is 169 g/mol. The van der Waals surface area contributed by atoms with Gasteiger partial charge in [0.1, 0.15) is 5.56 Å². The zero-order valence-corrected chi connectivity index (χ0v) is 6.31. The van der Waals surface area contributed by atoms with Crippen molar-refractivity contribution in [3.8, 4) is 11.8 Å². The molecule has 0 saturated carbocycles. The number of methoxy groups -OCH3 is 1. The number of hydrogen-bond acceptors (Lipinski definition) is 4. The molecule has 0 aliphatic carbocycles. The van der Waals surface area contributed by atoms with Gasteiger partial charge in [-0.05, 0) is 6.07 Å². The molecular formula is C7H7NO4. The summed E-state index contributed by atoms with van der Waals surface area (Å²) in [5, 5.41) is 17.5. The van der Waals surface area contributed by atoms with E-state index in [0.29, 0.717) is 0 Å². The first-order valence-corrected chi connectivity index (χ1v) is 3.12. The summed E-state index contributed by atoms with van der Waals surface area (Å²) in [5.74, 6) is -1.58. The number of carbonyl (C=O) groups is 1. The second-order valence-corrected chi connectivity index (χ2v) is 2.03. The molecular weight excluding hydrogens is 162 g/mol. The van der Waals surface area contributed by atoms with Crippen molar-refractivity contribution in [2.75, 3.05) is 7.11 Å². The highest BCUT2D eigenvalue weighted by Crippen LogP contribution is 2.17. The molecule has 0 unspecified atom stereocenters. The largest absolute Gasteiger partial charge is 0.493 e. The molecule has 0 atom stereocenters. The van der Waals surface area contributed by atoms with Gasteiger partial charge < -0.3 is 14.9 Å². The number of ether oxygens (including phenoxy) is 1. The summed E-state index contributed by atoms with van der Waals surface area (Å²) >= 11 is 0. The molecule has 1 heterocycles. The zero-order chi connectivity index (χ0) is 9.14. The van der Waals surface area contributed by atoms with Gasteiger partial charge in [0, 0.05) is 6.07 Å². The zero-order valence-electron chi connectivity index (χ0n) is 6.31. The molecule has 0 aliphatic rings. The molecule has 0 radical (unpaired) electrons. The second-order valence-electron chi connectivity index (χ2n) is 2.03. The number of carboxylic acids is 1. The topological polar surface area (TPSA) is 79.7 Å². The van der Waals surface area contributed by atoms with Crippen LogP contribution in [0.15, 0.2) is 12.1 Å². The van der Waals surface area contributed by atoms with Crippen LogP contribution in [0.1, 0.15) is 10.4 Å². The maximum atomic E-state index is 10.4. The third-order valence-corrected chi connectivity index (χ3v) is 1.29. The Morgan fingerprint density at radius 3 is 2.67 bits per heavy atom. The van der Waals surface area contributed by atoms with Gasteiger partial charge in [-0.3, -0.25) is 0 Å². The van der Waals surface area contributed by atoms with E-state index in [-0.39, 0.29) is 11.4 Å². The van der Waals surface area contributed by atoms with Crippen LogP contribution in [-0.2, 0) is 0 Å². The van der Waals surface area contributed by atoms with Gasteiger partial charge in [0.25, 0.3) is 0 Å². The van der Waals surface area contributed by atoms with E-state index in [2.05, 4.69) is 9.72 Å². The van der Waals surface area contributed by atoms with Gasteiger partial charge in [0.2, 0.25) is 11.8 Å². The Hall–Kier alpha value is -1.78. The Morgan fingerprint density at radius 1 is 1.58 bits per heavy atom. The number of pyridine rings is 1. The third kappa shape index (κ3) is 1.45. The fourth-order valence-electron chi connectivity index (χ4n) is 0.712. The van der Waals surface area contributed by atoms with Crippen LogP contribution < -0.4 is 4.74 Å². The molecule has 2 N–H and O–H groups in total. The molecule has 5 nitrogen and oxygen atoms in total. The Labute approximate surface area is 68.2 Å². The summed E-state index contributed by atoms with van der Waals surface area (Å²) in [6.07, 6.45) is 0. The quantitative estimate of drug-likeness (QED) is 0.673. The molecule has 0 aromatic carbocycles. The van der Waals surface area contributed by atoms with Crippen molar-refractivity contribution in [2.24, 2.45) is 0 Å². The predicted octanol–water partition coefficient (Wildman–Crippen LogP) is 0.494. The summed E-state index contributed by atoms with van der Waals surface area (Å²) in [5.41, 5.74) is -0.240. The van der Waals surface area contributed by atoms with Crippen LogP contribution in [0.25, 0.3) is 0 Å². The Balaban J connectivity index is 3.12. The third-order valence-electron chi connectivity index (χ3n) is 1.29. The van der Waals surface area contributed by atoms with Crippen LogP contribution in [0.2, 0.25) is 0 Å². The fourth-order valence-corrected chi connectivity index (χ4v) is 0.712. The van der Waals surface area contributed by atoms with Gasteiger partial charge in [-0.2, -0.15) is 4.98 Å². The number of rotatable bonds is 2. The van der Waals surface area contributed by atoms with E-state index in [9.17, 15) is 4.79 Å². The van der Waals surface area contributed by atoms with E-state index in [1.807, 2.05) is 0 Å². The number of carboxylic acid groups (broad SMARTS) is 1. The molecule has 0 bridgehead atoms. The number of aromatic carboxylic acids is 1. The van der Waals surface area contributed by atoms with E-state index in [4.69, 9.17) is 10.2 Å². The molecule has 0 aliphatic heterocycles. The van der Waals surface area contributed by atoms with Crippen molar-refractivity contribution < 1.29 is 19.7 Å². The summed E-state index contributed by atoms with van der Waals surface area (Å²) in [6.45, 7) is 0. The first kappa shape index (κ1) is 8.32. The fraction of sp³-hybridized carbons (Fsp3) is 0.143. The molecule has 0 amide bonds. The highest BCUT2D eigenvalue weighted by atomic mass is 16.5. The minimum absolute atomic E-state index is 0.178. The van der Waals surface area contributed by atoms with Crippen molar-refractivity contribution in [3.05, 3.63) is 17.7 Å². The van der Waals surface area contributed by atoms with E-state index >= 15 is 0 Å². The second kappa shape index (κ2) is 3.08. The normalized spacial score (nSPS) is 9.42. The van der Waals surface area contributed by atoms with E-state index in [1.54, 1.807) is 0 Å². The number of hydrogen-bond donors (Lipinski definition) is 2. The summed E-state index contributed by atoms with van der Waals surface area (Å²) in [7, 11) is 1.38. The Bertz CT molecular complexity index is 310. The Kier molecular flexibility index (Phi) is 2.14. The summed E-state index contributed by atoms with van der Waals surface area (Å²) in [4.78, 5) is 13.8. The van der Waals surface area contributed by atoms with Crippen LogP contribution in [-0.4, -0.2) is 28.3 Å². The SMILES string of the molecule is COc1ccc(C(=O)O)c(O)n1. The van der Waals surface area contributed by atoms with Crippen molar-refractivity contribution in [1.29, 1.82) is 0 Å². The molecule has 1 aromatic rings. The maximum Gasteiger partial charge on any atom is 0.341 e. The molecule has 5 heteroatoms. The number of aromatic nitrogens is 1. The molecule has 0 fully saturated rings. The highest BCUT2D eigenvalue weighted by Gasteiger charge is 2.10. The van der Waals surface area contributed by atoms with Gasteiger partial charge in [-0.25, -0.2) is 4.79 Å². The van der Waals surface area contributed by atoms with Crippen molar-refractivity contribution in [2.45, 2.75) is 0 Å². The smallest absolute Gasteiger partial charge is 0.341 e. The van der Waals surface area contributed by atoms with Gasteiger partial charge in [-0.15, -0.1) is 0 Å². The van der Waals surface area contributed by atoms with Gasteiger partial charge in [-0.1, -0.05) is 0 Å². The minimum atomic E-state index is -1.22. The van der Waals surface area contributed by atoms with Gasteiger partial charge in [0.05, 0.1) is 7.11 Å². The minimum Gasteiger partial charge on any atom is -0.493 e. The van der Waals surface area contributed by atoms with Crippen molar-refractivity contribution >= 4 is 5.97 Å². The lowest BCUT2D eigenvalue weighted by molar-refractivity contribution is 0.0692. The molecule has 0 spiro atoms. The molecule has 0 saturated heterocycles. The van der Waals surface area contributed by atoms with E-state index < -0.39 is 11.8 Å². The van der Waals surface area contributed by atoms with Crippen LogP contribution in [0.3, 0.4) is 0 Å². The summed E-state index contributed by atoms with van der Waals surface area (Å²) < 4.78 is 4.67. The highest BCUT2D eigenvalue weighted by molar-refractivity contribution is 5.90. The monoisotopic (exact) mass is 169 g/mol. The van der Waals surface area contributed by atoms with Gasteiger partial charge >= 0.3 is 5.97 Å². The van der Waals surface area contributed by atoms with E-state index in [0.717, 1.165) is 0 Å². The summed E-state index contributed by atoms with van der Waals surface area (Å²) in [6, 6.07) is 2.59. The number of aromatic hydroxyl groups is 1.